The molecule has 5 aromatic rings. The van der Waals surface area contributed by atoms with Gasteiger partial charge < -0.3 is 25.3 Å². The molecule has 0 atom stereocenters. The third-order valence-corrected chi connectivity index (χ3v) is 11.5. The standard InChI is InChI=1S/C39H39N7O5S/c40-19-8-22-45-23-17-27(18-24-45)44-37-33-15-20-41-38(33)43-25-35(37)46(52(49,50)28-9-2-1-3-10-28)36(47)16-21-42-39(48)51-26-34-31-13-6-4-11-29(31)30-12-5-7-14-32(30)34/h1-7,9-15,20,25,27,34H,8,16-18,21-24,26H2,(H,42,48)(H2,41,43,44). The van der Waals surface area contributed by atoms with Gasteiger partial charge in [0, 0.05) is 62.6 Å². The van der Waals surface area contributed by atoms with E-state index in [0.717, 1.165) is 52.5 Å². The second-order valence-corrected chi connectivity index (χ2v) is 14.7. The lowest BCUT2D eigenvalue weighted by atomic mass is 9.98. The minimum atomic E-state index is -4.41. The van der Waals surface area contributed by atoms with Gasteiger partial charge in [0.15, 0.2) is 0 Å². The number of sulfonamides is 1. The van der Waals surface area contributed by atoms with Crippen molar-refractivity contribution in [2.75, 3.05) is 42.4 Å². The van der Waals surface area contributed by atoms with Crippen molar-refractivity contribution in [2.45, 2.75) is 42.5 Å². The highest BCUT2D eigenvalue weighted by Gasteiger charge is 2.35. The molecule has 3 heterocycles. The molecule has 13 heteroatoms. The Balaban J connectivity index is 1.09. The number of piperidine rings is 1. The van der Waals surface area contributed by atoms with Gasteiger partial charge in [-0.25, -0.2) is 18.2 Å². The van der Waals surface area contributed by atoms with Gasteiger partial charge in [-0.15, -0.1) is 0 Å². The first-order valence-corrected chi connectivity index (χ1v) is 18.8. The van der Waals surface area contributed by atoms with Gasteiger partial charge in [0.05, 0.1) is 22.8 Å². The highest BCUT2D eigenvalue weighted by Crippen LogP contribution is 2.44. The van der Waals surface area contributed by atoms with E-state index >= 15 is 0 Å². The highest BCUT2D eigenvalue weighted by atomic mass is 32.2. The number of nitrogens with one attached hydrogen (secondary N) is 3. The topological polar surface area (TPSA) is 161 Å². The van der Waals surface area contributed by atoms with Crippen LogP contribution < -0.4 is 14.9 Å². The Kier molecular flexibility index (Phi) is 10.2. The zero-order valence-electron chi connectivity index (χ0n) is 28.5. The van der Waals surface area contributed by atoms with Gasteiger partial charge >= 0.3 is 6.09 Å². The molecular weight excluding hydrogens is 679 g/mol. The molecule has 2 aromatic heterocycles. The van der Waals surface area contributed by atoms with Crippen molar-refractivity contribution in [3.8, 4) is 17.2 Å². The third-order valence-electron chi connectivity index (χ3n) is 9.72. The normalized spacial score (nSPS) is 14.7. The molecule has 2 amide bonds. The molecule has 266 valence electrons. The van der Waals surface area contributed by atoms with Crippen molar-refractivity contribution in [2.24, 2.45) is 0 Å². The number of fused-ring (bicyclic) bond motifs is 4. The number of nitrogens with zero attached hydrogens (tertiary/aromatic N) is 4. The van der Waals surface area contributed by atoms with E-state index in [1.807, 2.05) is 36.4 Å². The van der Waals surface area contributed by atoms with E-state index < -0.39 is 22.0 Å². The maximum atomic E-state index is 14.3. The number of ether oxygens (including phenoxy) is 1. The summed E-state index contributed by atoms with van der Waals surface area (Å²) in [6, 6.07) is 27.8. The number of aromatic amines is 1. The van der Waals surface area contributed by atoms with E-state index in [-0.39, 0.29) is 42.1 Å². The summed E-state index contributed by atoms with van der Waals surface area (Å²) in [6.45, 7) is 2.22. The fraction of sp³-hybridized carbons (Fsp3) is 0.282. The summed E-state index contributed by atoms with van der Waals surface area (Å²) in [7, 11) is -4.41. The van der Waals surface area contributed by atoms with Gasteiger partial charge in [-0.2, -0.15) is 9.57 Å². The number of anilines is 2. The molecular formula is C39H39N7O5S. The average molecular weight is 718 g/mol. The highest BCUT2D eigenvalue weighted by molar-refractivity contribution is 7.93. The molecule has 1 aliphatic heterocycles. The Bertz CT molecular complexity index is 2180. The van der Waals surface area contributed by atoms with Crippen molar-refractivity contribution in [3.63, 3.8) is 0 Å². The van der Waals surface area contributed by atoms with Gasteiger partial charge in [-0.05, 0) is 53.3 Å². The maximum absolute atomic E-state index is 14.3. The van der Waals surface area contributed by atoms with Gasteiger partial charge in [-0.1, -0.05) is 66.7 Å². The van der Waals surface area contributed by atoms with Crippen LogP contribution in [0.4, 0.5) is 16.2 Å². The van der Waals surface area contributed by atoms with Crippen molar-refractivity contribution >= 4 is 44.4 Å². The summed E-state index contributed by atoms with van der Waals surface area (Å²) in [6.07, 6.45) is 4.07. The van der Waals surface area contributed by atoms with Crippen LogP contribution in [0, 0.1) is 11.3 Å². The number of aromatic nitrogens is 2. The number of likely N-dealkylation sites (tertiary alicyclic amines) is 1. The molecule has 52 heavy (non-hydrogen) atoms. The van der Waals surface area contributed by atoms with Crippen LogP contribution in [0.25, 0.3) is 22.2 Å². The average Bonchev–Trinajstić information content (AvgIpc) is 3.78. The van der Waals surface area contributed by atoms with E-state index in [9.17, 15) is 18.0 Å². The van der Waals surface area contributed by atoms with Crippen LogP contribution in [-0.2, 0) is 19.6 Å². The molecule has 0 bridgehead atoms. The number of amides is 2. The van der Waals surface area contributed by atoms with Crippen molar-refractivity contribution in [1.29, 1.82) is 5.26 Å². The van der Waals surface area contributed by atoms with Crippen LogP contribution in [-0.4, -0.2) is 74.1 Å². The summed E-state index contributed by atoms with van der Waals surface area (Å²) in [5.74, 6) is -0.869. The van der Waals surface area contributed by atoms with Crippen LogP contribution in [0.2, 0.25) is 0 Å². The number of hydrogen-bond donors (Lipinski definition) is 3. The monoisotopic (exact) mass is 717 g/mol. The molecule has 3 aromatic carbocycles. The SMILES string of the molecule is N#CCCN1CCC(Nc2c(N(C(=O)CCNC(=O)OCC3c4ccccc4-c4ccccc43)S(=O)(=O)c3ccccc3)cnc3[nH]ccc23)CC1. The summed E-state index contributed by atoms with van der Waals surface area (Å²) >= 11 is 0. The minimum absolute atomic E-state index is 0.01000. The lowest BCUT2D eigenvalue weighted by molar-refractivity contribution is -0.117. The van der Waals surface area contributed by atoms with Crippen molar-refractivity contribution in [1.82, 2.24) is 20.2 Å². The van der Waals surface area contributed by atoms with Crippen LogP contribution >= 0.6 is 0 Å². The van der Waals surface area contributed by atoms with E-state index in [1.54, 1.807) is 30.5 Å². The van der Waals surface area contributed by atoms with E-state index in [0.29, 0.717) is 29.7 Å². The molecule has 2 aliphatic rings. The molecule has 1 fully saturated rings. The van der Waals surface area contributed by atoms with Crippen molar-refractivity contribution < 1.29 is 22.7 Å². The van der Waals surface area contributed by atoms with Gasteiger partial charge in [0.25, 0.3) is 10.0 Å². The summed E-state index contributed by atoms with van der Waals surface area (Å²) in [5.41, 5.74) is 5.48. The van der Waals surface area contributed by atoms with Gasteiger partial charge in [0.1, 0.15) is 17.9 Å². The largest absolute Gasteiger partial charge is 0.449 e. The summed E-state index contributed by atoms with van der Waals surface area (Å²) in [5, 5.41) is 15.8. The first-order valence-electron chi connectivity index (χ1n) is 17.4. The number of rotatable bonds is 12. The van der Waals surface area contributed by atoms with Crippen LogP contribution in [0.1, 0.15) is 42.7 Å². The molecule has 1 aliphatic carbocycles. The first kappa shape index (κ1) is 34.7. The molecule has 12 nitrogen and oxygen atoms in total. The summed E-state index contributed by atoms with van der Waals surface area (Å²) in [4.78, 5) is 36.8. The second-order valence-electron chi connectivity index (χ2n) is 12.9. The Morgan fingerprint density at radius 1 is 0.962 bits per heavy atom. The molecule has 0 unspecified atom stereocenters. The predicted octanol–water partition coefficient (Wildman–Crippen LogP) is 6.00. The first-order chi connectivity index (χ1) is 25.3. The van der Waals surface area contributed by atoms with Gasteiger partial charge in [-0.3, -0.25) is 4.79 Å². The molecule has 0 saturated carbocycles. The number of benzene rings is 3. The Hall–Kier alpha value is -5.71. The fourth-order valence-electron chi connectivity index (χ4n) is 7.13. The third kappa shape index (κ3) is 7.08. The zero-order chi connectivity index (χ0) is 36.1. The number of pyridine rings is 1. The second kappa shape index (κ2) is 15.3. The molecule has 7 rings (SSSR count). The lowest BCUT2D eigenvalue weighted by Gasteiger charge is -2.33. The number of alkyl carbamates (subject to hydrolysis) is 1. The van der Waals surface area contributed by atoms with Crippen LogP contribution in [0.3, 0.4) is 0 Å². The van der Waals surface area contributed by atoms with E-state index in [4.69, 9.17) is 10.00 Å². The zero-order valence-corrected chi connectivity index (χ0v) is 29.3. The number of H-pyrrole nitrogens is 1. The molecule has 0 spiro atoms. The fourth-order valence-corrected chi connectivity index (χ4v) is 8.60. The number of carbonyl (C=O) groups is 2. The van der Waals surface area contributed by atoms with Crippen LogP contribution in [0.5, 0.6) is 0 Å². The predicted molar refractivity (Wildman–Crippen MR) is 198 cm³/mol. The van der Waals surface area contributed by atoms with E-state index in [2.05, 4.69) is 43.7 Å². The van der Waals surface area contributed by atoms with Crippen molar-refractivity contribution in [3.05, 3.63) is 108 Å². The Morgan fingerprint density at radius 2 is 1.63 bits per heavy atom. The molecule has 1 saturated heterocycles. The Labute approximate surface area is 302 Å². The summed E-state index contributed by atoms with van der Waals surface area (Å²) < 4.78 is 35.0. The Morgan fingerprint density at radius 3 is 2.33 bits per heavy atom. The van der Waals surface area contributed by atoms with E-state index in [1.165, 1.54) is 18.3 Å². The molecule has 3 N–H and O–H groups in total. The number of hydrogen-bond acceptors (Lipinski definition) is 9. The maximum Gasteiger partial charge on any atom is 0.407 e. The minimum Gasteiger partial charge on any atom is -0.449 e. The van der Waals surface area contributed by atoms with Crippen LogP contribution in [0.15, 0.2) is 102 Å². The lowest BCUT2D eigenvalue weighted by Crippen LogP contribution is -2.41. The quantitative estimate of drug-likeness (QED) is 0.141. The number of carbonyl (C=O) groups excluding carboxylic acids is 2. The van der Waals surface area contributed by atoms with Gasteiger partial charge in [0.2, 0.25) is 5.91 Å². The molecule has 0 radical (unpaired) electrons. The smallest absolute Gasteiger partial charge is 0.407 e. The number of nitriles is 1.